The molecule has 0 aromatic carbocycles. The van der Waals surface area contributed by atoms with Gasteiger partial charge < -0.3 is 14.8 Å². The number of nitrogens with one attached hydrogen (secondary N) is 1. The Balaban J connectivity index is 2.60. The van der Waals surface area contributed by atoms with E-state index in [9.17, 15) is 13.2 Å². The van der Waals surface area contributed by atoms with Crippen LogP contribution in [0.5, 0.6) is 0 Å². The van der Waals surface area contributed by atoms with Gasteiger partial charge in [-0.3, -0.25) is 4.79 Å². The van der Waals surface area contributed by atoms with Gasteiger partial charge in [0.2, 0.25) is 10.0 Å². The summed E-state index contributed by atoms with van der Waals surface area (Å²) in [5.41, 5.74) is 0. The molecule has 1 N–H and O–H groups in total. The maximum atomic E-state index is 11.5. The third-order valence-electron chi connectivity index (χ3n) is 2.41. The topological polar surface area (TPSA) is 84.9 Å². The standard InChI is InChI=1S/C9H18N2O5S/c1-15-9(12)7-11(17(2,13)14)6-8-5-10-3-4-16-8/h8,10H,3-7H2,1-2H3. The molecule has 1 rings (SSSR count). The van der Waals surface area contributed by atoms with Gasteiger partial charge in [-0.25, -0.2) is 8.42 Å². The monoisotopic (exact) mass is 266 g/mol. The molecule has 1 aliphatic rings. The van der Waals surface area contributed by atoms with E-state index in [1.807, 2.05) is 0 Å². The van der Waals surface area contributed by atoms with Gasteiger partial charge in [-0.1, -0.05) is 0 Å². The van der Waals surface area contributed by atoms with Crippen LogP contribution in [-0.4, -0.2) is 70.9 Å². The van der Waals surface area contributed by atoms with Gasteiger partial charge in [-0.15, -0.1) is 0 Å². The van der Waals surface area contributed by atoms with Crippen LogP contribution in [0.4, 0.5) is 0 Å². The molecule has 0 amide bonds. The average Bonchev–Trinajstić information content (AvgIpc) is 2.28. The maximum absolute atomic E-state index is 11.5. The Labute approximate surface area is 101 Å². The molecule has 8 heteroatoms. The second-order valence-electron chi connectivity index (χ2n) is 3.83. The van der Waals surface area contributed by atoms with E-state index in [4.69, 9.17) is 4.74 Å². The molecule has 7 nitrogen and oxygen atoms in total. The molecule has 0 saturated carbocycles. The van der Waals surface area contributed by atoms with Gasteiger partial charge in [0.1, 0.15) is 6.54 Å². The summed E-state index contributed by atoms with van der Waals surface area (Å²) in [6.45, 7) is 1.75. The summed E-state index contributed by atoms with van der Waals surface area (Å²) >= 11 is 0. The molecule has 0 spiro atoms. The number of methoxy groups -OCH3 is 1. The molecular formula is C9H18N2O5S. The van der Waals surface area contributed by atoms with Crippen molar-refractivity contribution in [3.63, 3.8) is 0 Å². The van der Waals surface area contributed by atoms with Crippen LogP contribution in [0.25, 0.3) is 0 Å². The Hall–Kier alpha value is -0.700. The highest BCUT2D eigenvalue weighted by atomic mass is 32.2. The van der Waals surface area contributed by atoms with Crippen LogP contribution < -0.4 is 5.32 Å². The van der Waals surface area contributed by atoms with Crippen molar-refractivity contribution >= 4 is 16.0 Å². The number of hydrogen-bond acceptors (Lipinski definition) is 6. The van der Waals surface area contributed by atoms with Crippen LogP contribution >= 0.6 is 0 Å². The van der Waals surface area contributed by atoms with Gasteiger partial charge in [0.15, 0.2) is 0 Å². The number of morpholine rings is 1. The third kappa shape index (κ3) is 4.99. The minimum absolute atomic E-state index is 0.154. The quantitative estimate of drug-likeness (QED) is 0.604. The zero-order valence-electron chi connectivity index (χ0n) is 10.0. The minimum atomic E-state index is -3.44. The molecule has 0 bridgehead atoms. The lowest BCUT2D eigenvalue weighted by atomic mass is 10.3. The summed E-state index contributed by atoms with van der Waals surface area (Å²) in [6, 6.07) is 0. The summed E-state index contributed by atoms with van der Waals surface area (Å²) < 4.78 is 33.9. The SMILES string of the molecule is COC(=O)CN(CC1CNCCO1)S(C)(=O)=O. The number of nitrogens with zero attached hydrogens (tertiary/aromatic N) is 1. The van der Waals surface area contributed by atoms with Gasteiger partial charge in [-0.05, 0) is 0 Å². The Morgan fingerprint density at radius 1 is 1.59 bits per heavy atom. The number of carbonyl (C=O) groups is 1. The van der Waals surface area contributed by atoms with Crippen molar-refractivity contribution in [2.75, 3.05) is 46.2 Å². The van der Waals surface area contributed by atoms with Crippen LogP contribution in [0, 0.1) is 0 Å². The fourth-order valence-electron chi connectivity index (χ4n) is 1.49. The molecule has 17 heavy (non-hydrogen) atoms. The Morgan fingerprint density at radius 2 is 2.29 bits per heavy atom. The molecule has 0 aromatic heterocycles. The second-order valence-corrected chi connectivity index (χ2v) is 5.81. The van der Waals surface area contributed by atoms with Crippen LogP contribution in [0.15, 0.2) is 0 Å². The van der Waals surface area contributed by atoms with Gasteiger partial charge in [0, 0.05) is 19.6 Å². The van der Waals surface area contributed by atoms with Crippen LogP contribution in [-0.2, 0) is 24.3 Å². The fourth-order valence-corrected chi connectivity index (χ4v) is 2.27. The van der Waals surface area contributed by atoms with Crippen molar-refractivity contribution in [1.29, 1.82) is 0 Å². The predicted octanol–water partition coefficient (Wildman–Crippen LogP) is -1.59. The fraction of sp³-hybridized carbons (Fsp3) is 0.889. The van der Waals surface area contributed by atoms with Crippen molar-refractivity contribution in [3.05, 3.63) is 0 Å². The molecule has 1 heterocycles. The van der Waals surface area contributed by atoms with Crippen LogP contribution in [0.2, 0.25) is 0 Å². The lowest BCUT2D eigenvalue weighted by molar-refractivity contribution is -0.141. The molecule has 1 atom stereocenters. The van der Waals surface area contributed by atoms with Crippen LogP contribution in [0.1, 0.15) is 0 Å². The second kappa shape index (κ2) is 6.29. The van der Waals surface area contributed by atoms with Gasteiger partial charge in [-0.2, -0.15) is 4.31 Å². The number of rotatable bonds is 5. The first-order valence-corrected chi connectivity index (χ1v) is 7.12. The van der Waals surface area contributed by atoms with E-state index < -0.39 is 16.0 Å². The zero-order chi connectivity index (χ0) is 12.9. The molecule has 0 aromatic rings. The first-order chi connectivity index (χ1) is 7.93. The van der Waals surface area contributed by atoms with E-state index in [2.05, 4.69) is 10.1 Å². The highest BCUT2D eigenvalue weighted by Gasteiger charge is 2.25. The first-order valence-electron chi connectivity index (χ1n) is 5.27. The molecule has 1 fully saturated rings. The van der Waals surface area contributed by atoms with E-state index in [0.29, 0.717) is 13.2 Å². The summed E-state index contributed by atoms with van der Waals surface area (Å²) in [5.74, 6) is -0.584. The van der Waals surface area contributed by atoms with Crippen molar-refractivity contribution in [2.45, 2.75) is 6.10 Å². The predicted molar refractivity (Wildman–Crippen MR) is 61.0 cm³/mol. The minimum Gasteiger partial charge on any atom is -0.468 e. The van der Waals surface area contributed by atoms with E-state index in [-0.39, 0.29) is 19.2 Å². The number of hydrogen-bond donors (Lipinski definition) is 1. The highest BCUT2D eigenvalue weighted by molar-refractivity contribution is 7.88. The highest BCUT2D eigenvalue weighted by Crippen LogP contribution is 2.05. The number of carbonyl (C=O) groups excluding carboxylic acids is 1. The first kappa shape index (κ1) is 14.4. The Bertz CT molecular complexity index is 350. The van der Waals surface area contributed by atoms with Gasteiger partial charge in [0.05, 0.1) is 26.1 Å². The normalized spacial score (nSPS) is 21.5. The Kier molecular flexibility index (Phi) is 5.31. The van der Waals surface area contributed by atoms with E-state index in [1.54, 1.807) is 0 Å². The molecular weight excluding hydrogens is 248 g/mol. The summed E-state index contributed by atoms with van der Waals surface area (Å²) in [5, 5.41) is 3.10. The van der Waals surface area contributed by atoms with Gasteiger partial charge >= 0.3 is 5.97 Å². The largest absolute Gasteiger partial charge is 0.468 e. The maximum Gasteiger partial charge on any atom is 0.321 e. The van der Waals surface area contributed by atoms with E-state index >= 15 is 0 Å². The molecule has 100 valence electrons. The van der Waals surface area contributed by atoms with Crippen LogP contribution in [0.3, 0.4) is 0 Å². The van der Waals surface area contributed by atoms with Gasteiger partial charge in [0.25, 0.3) is 0 Å². The summed E-state index contributed by atoms with van der Waals surface area (Å²) in [6.07, 6.45) is 0.828. The summed E-state index contributed by atoms with van der Waals surface area (Å²) in [4.78, 5) is 11.1. The van der Waals surface area contributed by atoms with E-state index in [0.717, 1.165) is 17.1 Å². The lowest BCUT2D eigenvalue weighted by Gasteiger charge is -2.28. The Morgan fingerprint density at radius 3 is 2.76 bits per heavy atom. The molecule has 0 radical (unpaired) electrons. The molecule has 1 aliphatic heterocycles. The molecule has 1 unspecified atom stereocenters. The number of ether oxygens (including phenoxy) is 2. The molecule has 1 saturated heterocycles. The third-order valence-corrected chi connectivity index (χ3v) is 3.63. The van der Waals surface area contributed by atoms with Crippen molar-refractivity contribution < 1.29 is 22.7 Å². The summed E-state index contributed by atoms with van der Waals surface area (Å²) in [7, 11) is -2.22. The van der Waals surface area contributed by atoms with Crippen molar-refractivity contribution in [1.82, 2.24) is 9.62 Å². The smallest absolute Gasteiger partial charge is 0.321 e. The molecule has 0 aliphatic carbocycles. The lowest BCUT2D eigenvalue weighted by Crippen LogP contribution is -2.48. The number of esters is 1. The van der Waals surface area contributed by atoms with E-state index in [1.165, 1.54) is 7.11 Å². The zero-order valence-corrected chi connectivity index (χ0v) is 10.8. The van der Waals surface area contributed by atoms with Crippen molar-refractivity contribution in [2.24, 2.45) is 0 Å². The average molecular weight is 266 g/mol. The number of sulfonamides is 1. The van der Waals surface area contributed by atoms with Crippen molar-refractivity contribution in [3.8, 4) is 0 Å².